The maximum Gasteiger partial charge on any atom is 0.255 e. The first-order valence-electron chi connectivity index (χ1n) is 5.43. The summed E-state index contributed by atoms with van der Waals surface area (Å²) in [6, 6.07) is 11.7. The Morgan fingerprint density at radius 1 is 1.22 bits per heavy atom. The third kappa shape index (κ3) is 2.81. The lowest BCUT2D eigenvalue weighted by molar-refractivity contribution is 0.102. The number of aromatic hydroxyl groups is 1. The highest BCUT2D eigenvalue weighted by Gasteiger charge is 2.09. The number of hydrogen-bond donors (Lipinski definition) is 2. The Hall–Kier alpha value is -2.00. The van der Waals surface area contributed by atoms with E-state index in [1.54, 1.807) is 42.5 Å². The van der Waals surface area contributed by atoms with Crippen LogP contribution in [0.3, 0.4) is 0 Å². The maximum atomic E-state index is 11.9. The van der Waals surface area contributed by atoms with Crippen LogP contribution in [0.25, 0.3) is 0 Å². The van der Waals surface area contributed by atoms with Crippen LogP contribution in [0.2, 0.25) is 5.02 Å². The van der Waals surface area contributed by atoms with Gasteiger partial charge in [0, 0.05) is 10.6 Å². The molecule has 0 fully saturated rings. The number of carbonyl (C=O) groups excluding carboxylic acids is 1. The van der Waals surface area contributed by atoms with Gasteiger partial charge in [-0.1, -0.05) is 23.7 Å². The summed E-state index contributed by atoms with van der Waals surface area (Å²) in [4.78, 5) is 11.9. The quantitative estimate of drug-likeness (QED) is 0.812. The third-order valence-electron chi connectivity index (χ3n) is 2.49. The van der Waals surface area contributed by atoms with Crippen molar-refractivity contribution in [3.8, 4) is 5.75 Å². The first kappa shape index (κ1) is 12.5. The minimum absolute atomic E-state index is 0.0379. The lowest BCUT2D eigenvalue weighted by atomic mass is 10.2. The summed E-state index contributed by atoms with van der Waals surface area (Å²) in [5.41, 5.74) is 1.79. The Balaban J connectivity index is 2.24. The van der Waals surface area contributed by atoms with Crippen LogP contribution < -0.4 is 5.32 Å². The van der Waals surface area contributed by atoms with Crippen LogP contribution in [-0.2, 0) is 0 Å². The van der Waals surface area contributed by atoms with Crippen molar-refractivity contribution >= 4 is 23.2 Å². The van der Waals surface area contributed by atoms with Crippen molar-refractivity contribution in [3.05, 3.63) is 58.6 Å². The maximum absolute atomic E-state index is 11.9. The van der Waals surface area contributed by atoms with Crippen LogP contribution in [0.1, 0.15) is 15.9 Å². The van der Waals surface area contributed by atoms with E-state index in [2.05, 4.69) is 5.32 Å². The van der Waals surface area contributed by atoms with Gasteiger partial charge < -0.3 is 10.4 Å². The van der Waals surface area contributed by atoms with Gasteiger partial charge in [0.15, 0.2) is 0 Å². The van der Waals surface area contributed by atoms with Crippen molar-refractivity contribution < 1.29 is 9.90 Å². The van der Waals surface area contributed by atoms with E-state index in [4.69, 9.17) is 11.6 Å². The molecule has 0 aliphatic rings. The molecule has 0 atom stereocenters. The van der Waals surface area contributed by atoms with Crippen molar-refractivity contribution in [2.45, 2.75) is 6.92 Å². The Bertz CT molecular complexity index is 596. The topological polar surface area (TPSA) is 49.3 Å². The highest BCUT2D eigenvalue weighted by atomic mass is 35.5. The van der Waals surface area contributed by atoms with E-state index >= 15 is 0 Å². The van der Waals surface area contributed by atoms with E-state index in [-0.39, 0.29) is 11.7 Å². The molecule has 0 saturated heterocycles. The number of hydrogen-bond acceptors (Lipinski definition) is 2. The summed E-state index contributed by atoms with van der Waals surface area (Å²) >= 11 is 5.82. The summed E-state index contributed by atoms with van der Waals surface area (Å²) in [7, 11) is 0. The Kier molecular flexibility index (Phi) is 3.53. The summed E-state index contributed by atoms with van der Waals surface area (Å²) in [6.07, 6.45) is 0. The number of amides is 1. The Morgan fingerprint density at radius 2 is 2.00 bits per heavy atom. The molecule has 2 N–H and O–H groups in total. The van der Waals surface area contributed by atoms with Gasteiger partial charge in [-0.3, -0.25) is 4.79 Å². The molecule has 0 spiro atoms. The molecule has 0 aliphatic heterocycles. The van der Waals surface area contributed by atoms with Gasteiger partial charge >= 0.3 is 0 Å². The van der Waals surface area contributed by atoms with Crippen molar-refractivity contribution in [1.29, 1.82) is 0 Å². The molecular formula is C14H12ClNO2. The molecule has 0 saturated carbocycles. The number of phenols is 1. The van der Waals surface area contributed by atoms with E-state index in [9.17, 15) is 9.90 Å². The third-order valence-corrected chi connectivity index (χ3v) is 2.72. The number of anilines is 1. The van der Waals surface area contributed by atoms with Crippen molar-refractivity contribution in [2.24, 2.45) is 0 Å². The average molecular weight is 262 g/mol. The number of aryl methyl sites for hydroxylation is 1. The van der Waals surface area contributed by atoms with Crippen LogP contribution in [0.5, 0.6) is 5.75 Å². The molecule has 2 aromatic carbocycles. The lowest BCUT2D eigenvalue weighted by Crippen LogP contribution is -2.11. The molecule has 0 radical (unpaired) electrons. The standard InChI is InChI=1S/C14H12ClNO2/c1-9-5-6-13(17)12(7-9)16-14(18)10-3-2-4-11(15)8-10/h2-8,17H,1H3,(H,16,18). The van der Waals surface area contributed by atoms with E-state index in [1.165, 1.54) is 0 Å². The zero-order valence-corrected chi connectivity index (χ0v) is 10.5. The fourth-order valence-electron chi connectivity index (χ4n) is 1.57. The van der Waals surface area contributed by atoms with Crippen molar-refractivity contribution in [2.75, 3.05) is 5.32 Å². The summed E-state index contributed by atoms with van der Waals surface area (Å²) in [6.45, 7) is 1.88. The summed E-state index contributed by atoms with van der Waals surface area (Å²) in [5, 5.41) is 12.8. The fraction of sp³-hybridized carbons (Fsp3) is 0.0714. The number of benzene rings is 2. The largest absolute Gasteiger partial charge is 0.506 e. The molecule has 0 unspecified atom stereocenters. The number of halogens is 1. The number of phenolic OH excluding ortho intramolecular Hbond substituents is 1. The molecule has 0 bridgehead atoms. The molecule has 1 amide bonds. The zero-order valence-electron chi connectivity index (χ0n) is 9.77. The van der Waals surface area contributed by atoms with E-state index in [0.29, 0.717) is 16.3 Å². The molecule has 92 valence electrons. The van der Waals surface area contributed by atoms with Gasteiger partial charge in [-0.25, -0.2) is 0 Å². The molecule has 0 aromatic heterocycles. The monoisotopic (exact) mass is 261 g/mol. The smallest absolute Gasteiger partial charge is 0.255 e. The second kappa shape index (κ2) is 5.10. The first-order chi connectivity index (χ1) is 8.56. The first-order valence-corrected chi connectivity index (χ1v) is 5.80. The predicted molar refractivity (Wildman–Crippen MR) is 72.2 cm³/mol. The number of nitrogens with one attached hydrogen (secondary N) is 1. The SMILES string of the molecule is Cc1ccc(O)c(NC(=O)c2cccc(Cl)c2)c1. The highest BCUT2D eigenvalue weighted by Crippen LogP contribution is 2.24. The number of rotatable bonds is 2. The van der Waals surface area contributed by atoms with E-state index in [1.807, 2.05) is 6.92 Å². The van der Waals surface area contributed by atoms with Crippen LogP contribution in [0.15, 0.2) is 42.5 Å². The molecule has 2 rings (SSSR count). The van der Waals surface area contributed by atoms with Crippen molar-refractivity contribution in [1.82, 2.24) is 0 Å². The molecule has 3 nitrogen and oxygen atoms in total. The van der Waals surface area contributed by atoms with Gasteiger partial charge in [-0.2, -0.15) is 0 Å². The van der Waals surface area contributed by atoms with E-state index < -0.39 is 0 Å². The number of carbonyl (C=O) groups is 1. The van der Waals surface area contributed by atoms with Gasteiger partial charge in [-0.15, -0.1) is 0 Å². The predicted octanol–water partition coefficient (Wildman–Crippen LogP) is 3.61. The van der Waals surface area contributed by atoms with Crippen LogP contribution in [0, 0.1) is 6.92 Å². The molecule has 4 heteroatoms. The summed E-state index contributed by atoms with van der Waals surface area (Å²) in [5.74, 6) is -0.269. The molecule has 0 aliphatic carbocycles. The van der Waals surface area contributed by atoms with Crippen LogP contribution in [0.4, 0.5) is 5.69 Å². The minimum Gasteiger partial charge on any atom is -0.506 e. The molecule has 0 heterocycles. The highest BCUT2D eigenvalue weighted by molar-refractivity contribution is 6.31. The van der Waals surface area contributed by atoms with Gasteiger partial charge in [-0.05, 0) is 42.8 Å². The second-order valence-electron chi connectivity index (χ2n) is 3.99. The van der Waals surface area contributed by atoms with Crippen LogP contribution >= 0.6 is 11.6 Å². The fourth-order valence-corrected chi connectivity index (χ4v) is 1.76. The van der Waals surface area contributed by atoms with Crippen LogP contribution in [-0.4, -0.2) is 11.0 Å². The Morgan fingerprint density at radius 3 is 2.72 bits per heavy atom. The molecular weight excluding hydrogens is 250 g/mol. The molecule has 18 heavy (non-hydrogen) atoms. The zero-order chi connectivity index (χ0) is 13.1. The van der Waals surface area contributed by atoms with Gasteiger partial charge in [0.25, 0.3) is 5.91 Å². The summed E-state index contributed by atoms with van der Waals surface area (Å²) < 4.78 is 0. The minimum atomic E-state index is -0.307. The van der Waals surface area contributed by atoms with Crippen molar-refractivity contribution in [3.63, 3.8) is 0 Å². The Labute approximate surface area is 110 Å². The lowest BCUT2D eigenvalue weighted by Gasteiger charge is -2.08. The normalized spacial score (nSPS) is 10.1. The van der Waals surface area contributed by atoms with Gasteiger partial charge in [0.2, 0.25) is 0 Å². The van der Waals surface area contributed by atoms with Gasteiger partial charge in [0.1, 0.15) is 5.75 Å². The molecule has 2 aromatic rings. The second-order valence-corrected chi connectivity index (χ2v) is 4.42. The van der Waals surface area contributed by atoms with Gasteiger partial charge in [0.05, 0.1) is 5.69 Å². The van der Waals surface area contributed by atoms with E-state index in [0.717, 1.165) is 5.56 Å². The average Bonchev–Trinajstić information content (AvgIpc) is 2.34.